The lowest BCUT2D eigenvalue weighted by Gasteiger charge is -2.17. The standard InChI is InChI=1S/C23H23ClFN3O3/c1-2-3-10-30-19-8-5-15(6-9-19)23-26-22(27-31-23)17-11-21(29)28(14-17)13-16-4-7-18(25)12-20(16)24/h4-9,12,17H,2-3,10-11,13-14H2,1H3. The van der Waals surface area contributed by atoms with Crippen LogP contribution in [0.25, 0.3) is 11.5 Å². The molecule has 1 fully saturated rings. The topological polar surface area (TPSA) is 68.5 Å². The van der Waals surface area contributed by atoms with Crippen molar-refractivity contribution < 1.29 is 18.4 Å². The van der Waals surface area contributed by atoms with E-state index in [-0.39, 0.29) is 11.8 Å². The third-order valence-electron chi connectivity index (χ3n) is 5.27. The van der Waals surface area contributed by atoms with E-state index in [9.17, 15) is 9.18 Å². The number of rotatable bonds is 8. The summed E-state index contributed by atoms with van der Waals surface area (Å²) in [6.45, 7) is 3.58. The Morgan fingerprint density at radius 2 is 2.06 bits per heavy atom. The number of benzene rings is 2. The van der Waals surface area contributed by atoms with E-state index in [1.165, 1.54) is 12.1 Å². The summed E-state index contributed by atoms with van der Waals surface area (Å²) in [7, 11) is 0. The van der Waals surface area contributed by atoms with Crippen molar-refractivity contribution in [3.05, 3.63) is 64.7 Å². The van der Waals surface area contributed by atoms with Crippen molar-refractivity contribution >= 4 is 17.5 Å². The van der Waals surface area contributed by atoms with Crippen LogP contribution in [0.5, 0.6) is 5.75 Å². The molecule has 1 unspecified atom stereocenters. The first-order valence-corrected chi connectivity index (χ1v) is 10.7. The van der Waals surface area contributed by atoms with Crippen LogP contribution in [0.3, 0.4) is 0 Å². The maximum atomic E-state index is 13.3. The molecule has 31 heavy (non-hydrogen) atoms. The van der Waals surface area contributed by atoms with Crippen molar-refractivity contribution in [2.45, 2.75) is 38.6 Å². The quantitative estimate of drug-likeness (QED) is 0.446. The summed E-state index contributed by atoms with van der Waals surface area (Å²) in [6.07, 6.45) is 2.39. The van der Waals surface area contributed by atoms with E-state index in [4.69, 9.17) is 20.9 Å². The summed E-state index contributed by atoms with van der Waals surface area (Å²) < 4.78 is 24.4. The highest BCUT2D eigenvalue weighted by molar-refractivity contribution is 6.31. The van der Waals surface area contributed by atoms with Gasteiger partial charge in [0.2, 0.25) is 5.91 Å². The van der Waals surface area contributed by atoms with Gasteiger partial charge in [-0.05, 0) is 48.4 Å². The minimum absolute atomic E-state index is 0.0228. The lowest BCUT2D eigenvalue weighted by atomic mass is 10.1. The lowest BCUT2D eigenvalue weighted by molar-refractivity contribution is -0.128. The average Bonchev–Trinajstić information content (AvgIpc) is 3.38. The Bertz CT molecular complexity index is 1050. The molecule has 2 heterocycles. The normalized spacial score (nSPS) is 16.2. The molecule has 1 aliphatic heterocycles. The molecule has 1 aromatic heterocycles. The van der Waals surface area contributed by atoms with Gasteiger partial charge in [-0.3, -0.25) is 4.79 Å². The van der Waals surface area contributed by atoms with Crippen LogP contribution in [0.15, 0.2) is 47.0 Å². The second-order valence-electron chi connectivity index (χ2n) is 7.60. The fourth-order valence-electron chi connectivity index (χ4n) is 3.50. The van der Waals surface area contributed by atoms with Crippen LogP contribution >= 0.6 is 11.6 Å². The van der Waals surface area contributed by atoms with Gasteiger partial charge in [0.15, 0.2) is 5.82 Å². The first kappa shape index (κ1) is 21.3. The van der Waals surface area contributed by atoms with Gasteiger partial charge in [-0.2, -0.15) is 4.98 Å². The second-order valence-corrected chi connectivity index (χ2v) is 8.00. The predicted octanol–water partition coefficient (Wildman–Crippen LogP) is 5.22. The number of amides is 1. The summed E-state index contributed by atoms with van der Waals surface area (Å²) in [5.41, 5.74) is 1.49. The van der Waals surface area contributed by atoms with E-state index in [0.717, 1.165) is 24.2 Å². The van der Waals surface area contributed by atoms with Gasteiger partial charge < -0.3 is 14.2 Å². The molecule has 1 aliphatic rings. The Balaban J connectivity index is 1.40. The number of aromatic nitrogens is 2. The average molecular weight is 444 g/mol. The SMILES string of the molecule is CCCCOc1ccc(-c2nc(C3CC(=O)N(Cc4ccc(F)cc4Cl)C3)no2)cc1. The molecule has 0 aliphatic carbocycles. The molecule has 4 rings (SSSR count). The zero-order valence-electron chi connectivity index (χ0n) is 17.2. The van der Waals surface area contributed by atoms with E-state index in [1.807, 2.05) is 24.3 Å². The van der Waals surface area contributed by atoms with Crippen LogP contribution in [0.2, 0.25) is 5.02 Å². The van der Waals surface area contributed by atoms with Crippen LogP contribution in [0.4, 0.5) is 4.39 Å². The first-order chi connectivity index (χ1) is 15.0. The maximum Gasteiger partial charge on any atom is 0.257 e. The number of nitrogens with zero attached hydrogens (tertiary/aromatic N) is 3. The number of hydrogen-bond donors (Lipinski definition) is 0. The number of likely N-dealkylation sites (tertiary alicyclic amines) is 1. The van der Waals surface area contributed by atoms with Gasteiger partial charge >= 0.3 is 0 Å². The van der Waals surface area contributed by atoms with Crippen molar-refractivity contribution in [3.8, 4) is 17.2 Å². The number of unbranched alkanes of at least 4 members (excludes halogenated alkanes) is 1. The predicted molar refractivity (Wildman–Crippen MR) is 114 cm³/mol. The van der Waals surface area contributed by atoms with Crippen molar-refractivity contribution in [2.24, 2.45) is 0 Å². The van der Waals surface area contributed by atoms with Crippen molar-refractivity contribution in [2.75, 3.05) is 13.2 Å². The molecular formula is C23H23ClFN3O3. The fourth-order valence-corrected chi connectivity index (χ4v) is 3.73. The summed E-state index contributed by atoms with van der Waals surface area (Å²) >= 11 is 6.10. The number of ether oxygens (including phenoxy) is 1. The molecule has 1 amide bonds. The van der Waals surface area contributed by atoms with Crippen LogP contribution in [0.1, 0.15) is 43.5 Å². The van der Waals surface area contributed by atoms with Gasteiger partial charge in [0.05, 0.1) is 6.61 Å². The van der Waals surface area contributed by atoms with Crippen LogP contribution < -0.4 is 4.74 Å². The lowest BCUT2D eigenvalue weighted by Crippen LogP contribution is -2.24. The molecule has 1 atom stereocenters. The van der Waals surface area contributed by atoms with Gasteiger partial charge in [-0.25, -0.2) is 4.39 Å². The minimum atomic E-state index is -0.403. The molecule has 1 saturated heterocycles. The van der Waals surface area contributed by atoms with E-state index in [2.05, 4.69) is 17.1 Å². The molecule has 6 nitrogen and oxygen atoms in total. The van der Waals surface area contributed by atoms with Gasteiger partial charge in [0.1, 0.15) is 11.6 Å². The largest absolute Gasteiger partial charge is 0.494 e. The highest BCUT2D eigenvalue weighted by atomic mass is 35.5. The van der Waals surface area contributed by atoms with Crippen LogP contribution in [-0.4, -0.2) is 34.1 Å². The molecule has 2 aromatic carbocycles. The first-order valence-electron chi connectivity index (χ1n) is 10.3. The van der Waals surface area contributed by atoms with Gasteiger partial charge in [-0.15, -0.1) is 0 Å². The third kappa shape index (κ3) is 5.05. The monoisotopic (exact) mass is 443 g/mol. The molecule has 0 radical (unpaired) electrons. The van der Waals surface area contributed by atoms with Crippen molar-refractivity contribution in [1.29, 1.82) is 0 Å². The Hall–Kier alpha value is -2.93. The van der Waals surface area contributed by atoms with E-state index < -0.39 is 5.82 Å². The Morgan fingerprint density at radius 3 is 2.81 bits per heavy atom. The Kier molecular flexibility index (Phi) is 6.51. The fraction of sp³-hybridized carbons (Fsp3) is 0.348. The van der Waals surface area contributed by atoms with Gasteiger partial charge in [0, 0.05) is 36.0 Å². The van der Waals surface area contributed by atoms with Crippen LogP contribution in [-0.2, 0) is 11.3 Å². The molecule has 8 heteroatoms. The zero-order valence-corrected chi connectivity index (χ0v) is 17.9. The molecule has 162 valence electrons. The van der Waals surface area contributed by atoms with Gasteiger partial charge in [-0.1, -0.05) is 36.2 Å². The summed E-state index contributed by atoms with van der Waals surface area (Å²) in [5, 5.41) is 4.40. The maximum absolute atomic E-state index is 13.3. The number of hydrogen-bond acceptors (Lipinski definition) is 5. The van der Waals surface area contributed by atoms with Crippen LogP contribution in [0, 0.1) is 5.82 Å². The smallest absolute Gasteiger partial charge is 0.257 e. The highest BCUT2D eigenvalue weighted by Crippen LogP contribution is 2.30. The molecule has 3 aromatic rings. The summed E-state index contributed by atoms with van der Waals surface area (Å²) in [4.78, 5) is 18.7. The molecule has 0 bridgehead atoms. The third-order valence-corrected chi connectivity index (χ3v) is 5.62. The Morgan fingerprint density at radius 1 is 1.26 bits per heavy atom. The Labute approximate surface area is 185 Å². The van der Waals surface area contributed by atoms with Gasteiger partial charge in [0.25, 0.3) is 5.89 Å². The molecule has 0 saturated carbocycles. The zero-order chi connectivity index (χ0) is 21.8. The van der Waals surface area contributed by atoms with E-state index >= 15 is 0 Å². The molecule has 0 N–H and O–H groups in total. The van der Waals surface area contributed by atoms with Crippen molar-refractivity contribution in [1.82, 2.24) is 15.0 Å². The van der Waals surface area contributed by atoms with Crippen molar-refractivity contribution in [3.63, 3.8) is 0 Å². The summed E-state index contributed by atoms with van der Waals surface area (Å²) in [5.74, 6) is 1.11. The summed E-state index contributed by atoms with van der Waals surface area (Å²) in [6, 6.07) is 11.7. The second kappa shape index (κ2) is 9.47. The molecule has 0 spiro atoms. The number of carbonyl (C=O) groups excluding carboxylic acids is 1. The van der Waals surface area contributed by atoms with E-state index in [1.54, 1.807) is 11.0 Å². The molecular weight excluding hydrogens is 421 g/mol. The number of carbonyl (C=O) groups is 1. The number of halogens is 2. The van der Waals surface area contributed by atoms with E-state index in [0.29, 0.717) is 48.4 Å². The minimum Gasteiger partial charge on any atom is -0.494 e. The highest BCUT2D eigenvalue weighted by Gasteiger charge is 2.34.